The molecule has 1 aliphatic heterocycles. The molecule has 0 aliphatic carbocycles. The van der Waals surface area contributed by atoms with Crippen LogP contribution in [0.2, 0.25) is 0 Å². The van der Waals surface area contributed by atoms with Crippen LogP contribution >= 0.6 is 0 Å². The van der Waals surface area contributed by atoms with Crippen LogP contribution in [0.15, 0.2) is 29.2 Å². The van der Waals surface area contributed by atoms with E-state index < -0.39 is 10.1 Å². The second kappa shape index (κ2) is 7.00. The first-order valence-corrected chi connectivity index (χ1v) is 7.66. The molecule has 0 amide bonds. The maximum Gasteiger partial charge on any atom is 0.294 e. The number of hydrogen-bond acceptors (Lipinski definition) is 4. The monoisotopic (exact) mass is 286 g/mol. The van der Waals surface area contributed by atoms with Crippen LogP contribution in [0.25, 0.3) is 0 Å². The lowest BCUT2D eigenvalue weighted by molar-refractivity contribution is 0.313. The minimum Gasteiger partial charge on any atom is -0.315 e. The van der Waals surface area contributed by atoms with Crippen molar-refractivity contribution in [1.29, 1.82) is 0 Å². The third-order valence-corrected chi connectivity index (χ3v) is 3.95. The van der Waals surface area contributed by atoms with Crippen LogP contribution in [-0.2, 0) is 10.1 Å². The summed E-state index contributed by atoms with van der Waals surface area (Å²) in [6.07, 6.45) is 1.31. The van der Waals surface area contributed by atoms with Gasteiger partial charge in [-0.3, -0.25) is 4.55 Å². The van der Waals surface area contributed by atoms with Gasteiger partial charge in [0.15, 0.2) is 0 Å². The number of nitrogens with zero attached hydrogens (tertiary/aromatic N) is 1. The first-order valence-electron chi connectivity index (χ1n) is 6.22. The minimum atomic E-state index is -4.02. The number of benzene rings is 1. The summed E-state index contributed by atoms with van der Waals surface area (Å²) in [5, 5.41) is 3.31. The zero-order chi connectivity index (χ0) is 14.5. The van der Waals surface area contributed by atoms with Crippen molar-refractivity contribution in [1.82, 2.24) is 10.2 Å². The Bertz CT molecular complexity index is 477. The topological polar surface area (TPSA) is 69.6 Å². The summed E-state index contributed by atoms with van der Waals surface area (Å²) in [6.45, 7) is 4.21. The maximum absolute atomic E-state index is 10.5. The fourth-order valence-electron chi connectivity index (χ4n) is 1.79. The van der Waals surface area contributed by atoms with Gasteiger partial charge in [-0.1, -0.05) is 17.7 Å². The molecule has 1 atom stereocenters. The van der Waals surface area contributed by atoms with E-state index in [2.05, 4.69) is 24.3 Å². The normalized spacial score (nSPS) is 19.1. The molecule has 1 heterocycles. The van der Waals surface area contributed by atoms with Crippen LogP contribution in [0.1, 0.15) is 12.0 Å². The Morgan fingerprint density at radius 3 is 2.16 bits per heavy atom. The molecular formula is C13H22N2O3S. The molecule has 0 spiro atoms. The van der Waals surface area contributed by atoms with Gasteiger partial charge in [-0.05, 0) is 46.1 Å². The fraction of sp³-hybridized carbons (Fsp3) is 0.538. The predicted octanol–water partition coefficient (Wildman–Crippen LogP) is 1.15. The van der Waals surface area contributed by atoms with Crippen LogP contribution < -0.4 is 5.32 Å². The van der Waals surface area contributed by atoms with Gasteiger partial charge in [-0.2, -0.15) is 8.42 Å². The largest absolute Gasteiger partial charge is 0.315 e. The van der Waals surface area contributed by atoms with Gasteiger partial charge in [0.1, 0.15) is 0 Å². The second-order valence-corrected chi connectivity index (χ2v) is 6.32. The lowest BCUT2D eigenvalue weighted by Crippen LogP contribution is -2.29. The molecule has 19 heavy (non-hydrogen) atoms. The number of aryl methyl sites for hydroxylation is 1. The number of nitrogens with one attached hydrogen (secondary N) is 1. The highest BCUT2D eigenvalue weighted by atomic mass is 32.2. The van der Waals surface area contributed by atoms with Gasteiger partial charge < -0.3 is 10.2 Å². The molecule has 2 rings (SSSR count). The molecule has 2 N–H and O–H groups in total. The number of hydrogen-bond donors (Lipinski definition) is 2. The molecule has 1 saturated heterocycles. The van der Waals surface area contributed by atoms with Gasteiger partial charge in [-0.15, -0.1) is 0 Å². The summed E-state index contributed by atoms with van der Waals surface area (Å²) in [4.78, 5) is 2.21. The van der Waals surface area contributed by atoms with E-state index in [-0.39, 0.29) is 4.90 Å². The summed E-state index contributed by atoms with van der Waals surface area (Å²) in [5.41, 5.74) is 0.956. The quantitative estimate of drug-likeness (QED) is 0.798. The van der Waals surface area contributed by atoms with Crippen molar-refractivity contribution in [2.75, 3.05) is 27.2 Å². The Labute approximate surface area is 115 Å². The highest BCUT2D eigenvalue weighted by molar-refractivity contribution is 7.85. The average Bonchev–Trinajstić information content (AvgIpc) is 2.82. The van der Waals surface area contributed by atoms with Gasteiger partial charge in [0.05, 0.1) is 4.90 Å². The molecule has 0 saturated carbocycles. The van der Waals surface area contributed by atoms with Crippen molar-refractivity contribution in [2.45, 2.75) is 24.3 Å². The van der Waals surface area contributed by atoms with Crippen molar-refractivity contribution in [2.24, 2.45) is 0 Å². The molecule has 5 nitrogen and oxygen atoms in total. The summed E-state index contributed by atoms with van der Waals surface area (Å²) < 4.78 is 29.6. The Balaban J connectivity index is 0.000000200. The van der Waals surface area contributed by atoms with Crippen molar-refractivity contribution in [3.8, 4) is 0 Å². The smallest absolute Gasteiger partial charge is 0.294 e. The molecule has 1 aromatic carbocycles. The second-order valence-electron chi connectivity index (χ2n) is 4.90. The van der Waals surface area contributed by atoms with Crippen LogP contribution in [0, 0.1) is 6.92 Å². The number of rotatable bonds is 2. The predicted molar refractivity (Wildman–Crippen MR) is 76.0 cm³/mol. The van der Waals surface area contributed by atoms with E-state index in [1.165, 1.54) is 31.6 Å². The summed E-state index contributed by atoms with van der Waals surface area (Å²) in [6, 6.07) is 6.77. The van der Waals surface area contributed by atoms with Gasteiger partial charge in [0.25, 0.3) is 10.1 Å². The fourth-order valence-corrected chi connectivity index (χ4v) is 2.27. The molecule has 0 radical (unpaired) electrons. The van der Waals surface area contributed by atoms with E-state index in [4.69, 9.17) is 4.55 Å². The van der Waals surface area contributed by atoms with Crippen molar-refractivity contribution in [3.05, 3.63) is 29.8 Å². The standard InChI is InChI=1S/C7H8O3S.C6H14N2/c1-6-2-4-7(5-3-6)11(8,9)10;1-8(2)6-3-4-7-5-6/h2-5H,1H3,(H,8,9,10);6-7H,3-5H2,1-2H3. The first-order chi connectivity index (χ1) is 8.80. The lowest BCUT2D eigenvalue weighted by atomic mass is 10.2. The minimum absolute atomic E-state index is 0.0666. The first kappa shape index (κ1) is 16.1. The van der Waals surface area contributed by atoms with E-state index in [0.717, 1.165) is 11.6 Å². The molecule has 0 aromatic heterocycles. The molecule has 0 bridgehead atoms. The molecule has 6 heteroatoms. The highest BCUT2D eigenvalue weighted by Gasteiger charge is 2.14. The van der Waals surface area contributed by atoms with Crippen LogP contribution in [0.4, 0.5) is 0 Å². The SMILES string of the molecule is CN(C)C1CCNC1.Cc1ccc(S(=O)(=O)O)cc1. The molecule has 1 aliphatic rings. The van der Waals surface area contributed by atoms with Crippen LogP contribution in [0.5, 0.6) is 0 Å². The Hall–Kier alpha value is -0.950. The van der Waals surface area contributed by atoms with E-state index in [1.807, 2.05) is 6.92 Å². The Morgan fingerprint density at radius 2 is 1.84 bits per heavy atom. The van der Waals surface area contributed by atoms with Crippen molar-refractivity contribution in [3.63, 3.8) is 0 Å². The maximum atomic E-state index is 10.5. The molecule has 1 unspecified atom stereocenters. The van der Waals surface area contributed by atoms with Crippen LogP contribution in [0.3, 0.4) is 0 Å². The van der Waals surface area contributed by atoms with Gasteiger partial charge in [0, 0.05) is 12.6 Å². The van der Waals surface area contributed by atoms with Gasteiger partial charge in [-0.25, -0.2) is 0 Å². The van der Waals surface area contributed by atoms with Gasteiger partial charge >= 0.3 is 0 Å². The van der Waals surface area contributed by atoms with Crippen molar-refractivity contribution >= 4 is 10.1 Å². The third-order valence-electron chi connectivity index (χ3n) is 3.08. The summed E-state index contributed by atoms with van der Waals surface area (Å²) >= 11 is 0. The summed E-state index contributed by atoms with van der Waals surface area (Å²) in [5.74, 6) is 0. The van der Waals surface area contributed by atoms with Crippen LogP contribution in [-0.4, -0.2) is 51.1 Å². The molecule has 1 aromatic rings. The average molecular weight is 286 g/mol. The molecular weight excluding hydrogens is 264 g/mol. The van der Waals surface area contributed by atoms with E-state index in [1.54, 1.807) is 12.1 Å². The molecule has 108 valence electrons. The zero-order valence-corrected chi connectivity index (χ0v) is 12.4. The van der Waals surface area contributed by atoms with E-state index in [0.29, 0.717) is 0 Å². The summed E-state index contributed by atoms with van der Waals surface area (Å²) in [7, 11) is 0.254. The third kappa shape index (κ3) is 5.69. The highest BCUT2D eigenvalue weighted by Crippen LogP contribution is 2.08. The molecule has 1 fully saturated rings. The lowest BCUT2D eigenvalue weighted by Gasteiger charge is -2.16. The van der Waals surface area contributed by atoms with E-state index in [9.17, 15) is 8.42 Å². The van der Waals surface area contributed by atoms with Crippen molar-refractivity contribution < 1.29 is 13.0 Å². The van der Waals surface area contributed by atoms with E-state index >= 15 is 0 Å². The Morgan fingerprint density at radius 1 is 1.26 bits per heavy atom. The number of likely N-dealkylation sites (N-methyl/N-ethyl adjacent to an activating group) is 1. The zero-order valence-electron chi connectivity index (χ0n) is 11.6. The van der Waals surface area contributed by atoms with Gasteiger partial charge in [0.2, 0.25) is 0 Å². The Kier molecular flexibility index (Phi) is 5.93.